The molecule has 0 aliphatic rings. The zero-order valence-electron chi connectivity index (χ0n) is 10.6. The zero-order chi connectivity index (χ0) is 13.2. The molecule has 2 heterocycles. The van der Waals surface area contributed by atoms with Gasteiger partial charge in [-0.25, -0.2) is 9.67 Å². The number of aromatic nitrogens is 4. The molecule has 2 aromatic heterocycles. The Morgan fingerprint density at radius 2 is 2.05 bits per heavy atom. The second-order valence-electron chi connectivity index (χ2n) is 4.53. The van der Waals surface area contributed by atoms with Crippen LogP contribution in [0.2, 0.25) is 0 Å². The maximum absolute atomic E-state index is 12.0. The van der Waals surface area contributed by atoms with Crippen LogP contribution in [0.5, 0.6) is 0 Å². The zero-order valence-corrected chi connectivity index (χ0v) is 10.6. The van der Waals surface area contributed by atoms with E-state index in [1.165, 1.54) is 5.56 Å². The first-order valence-electron chi connectivity index (χ1n) is 6.06. The van der Waals surface area contributed by atoms with Gasteiger partial charge in [-0.3, -0.25) is 9.89 Å². The molecular formula is C14H14N4O. The second-order valence-corrected chi connectivity index (χ2v) is 4.53. The summed E-state index contributed by atoms with van der Waals surface area (Å²) in [6, 6.07) is 9.43. The SMILES string of the molecule is Cc1ccc(-n2[nH]c(Cn3ccnc3)cc2=O)cc1. The first-order valence-corrected chi connectivity index (χ1v) is 6.06. The summed E-state index contributed by atoms with van der Waals surface area (Å²) in [6.07, 6.45) is 5.30. The van der Waals surface area contributed by atoms with Crippen molar-refractivity contribution in [1.82, 2.24) is 19.3 Å². The van der Waals surface area contributed by atoms with Crippen molar-refractivity contribution >= 4 is 0 Å². The van der Waals surface area contributed by atoms with Gasteiger partial charge in [0.2, 0.25) is 0 Å². The minimum Gasteiger partial charge on any atom is -0.332 e. The van der Waals surface area contributed by atoms with Gasteiger partial charge in [0.1, 0.15) is 0 Å². The molecule has 3 aromatic rings. The smallest absolute Gasteiger partial charge is 0.271 e. The van der Waals surface area contributed by atoms with E-state index in [9.17, 15) is 4.79 Å². The van der Waals surface area contributed by atoms with Crippen molar-refractivity contribution < 1.29 is 0 Å². The Labute approximate surface area is 110 Å². The maximum Gasteiger partial charge on any atom is 0.271 e. The minimum atomic E-state index is -0.0565. The highest BCUT2D eigenvalue weighted by Crippen LogP contribution is 2.07. The summed E-state index contributed by atoms with van der Waals surface area (Å²) in [6.45, 7) is 2.62. The van der Waals surface area contributed by atoms with Crippen LogP contribution in [0.25, 0.3) is 5.69 Å². The summed E-state index contributed by atoms with van der Waals surface area (Å²) in [4.78, 5) is 15.9. The minimum absolute atomic E-state index is 0.0565. The Morgan fingerprint density at radius 3 is 2.74 bits per heavy atom. The van der Waals surface area contributed by atoms with Crippen LogP contribution >= 0.6 is 0 Å². The number of benzene rings is 1. The summed E-state index contributed by atoms with van der Waals surface area (Å²) >= 11 is 0. The first kappa shape index (κ1) is 11.5. The van der Waals surface area contributed by atoms with Crippen molar-refractivity contribution in [2.24, 2.45) is 0 Å². The number of imidazole rings is 1. The van der Waals surface area contributed by atoms with E-state index >= 15 is 0 Å². The molecule has 0 atom stereocenters. The third-order valence-corrected chi connectivity index (χ3v) is 2.98. The van der Waals surface area contributed by atoms with Crippen LogP contribution < -0.4 is 5.56 Å². The average Bonchev–Trinajstić information content (AvgIpc) is 3.01. The highest BCUT2D eigenvalue weighted by molar-refractivity contribution is 5.33. The van der Waals surface area contributed by atoms with Crippen molar-refractivity contribution in [3.8, 4) is 5.69 Å². The standard InChI is InChI=1S/C14H14N4O/c1-11-2-4-13(5-3-11)18-14(19)8-12(16-18)9-17-7-6-15-10-17/h2-8,10,16H,9H2,1H3. The fraction of sp³-hybridized carbons (Fsp3) is 0.143. The molecule has 1 N–H and O–H groups in total. The summed E-state index contributed by atoms with van der Waals surface area (Å²) < 4.78 is 3.45. The lowest BCUT2D eigenvalue weighted by atomic mass is 10.2. The summed E-state index contributed by atoms with van der Waals surface area (Å²) in [5, 5.41) is 3.11. The lowest BCUT2D eigenvalue weighted by Gasteiger charge is -2.03. The lowest BCUT2D eigenvalue weighted by molar-refractivity contribution is 0.740. The molecular weight excluding hydrogens is 240 g/mol. The predicted molar refractivity (Wildman–Crippen MR) is 72.5 cm³/mol. The van der Waals surface area contributed by atoms with Crippen LogP contribution in [0, 0.1) is 6.92 Å². The molecule has 3 rings (SSSR count). The Balaban J connectivity index is 1.93. The van der Waals surface area contributed by atoms with E-state index in [0.717, 1.165) is 11.4 Å². The normalized spacial score (nSPS) is 10.8. The molecule has 0 unspecified atom stereocenters. The van der Waals surface area contributed by atoms with E-state index in [1.54, 1.807) is 23.3 Å². The monoisotopic (exact) mass is 254 g/mol. The van der Waals surface area contributed by atoms with Crippen molar-refractivity contribution in [1.29, 1.82) is 0 Å². The number of rotatable bonds is 3. The fourth-order valence-electron chi connectivity index (χ4n) is 1.99. The number of nitrogens with one attached hydrogen (secondary N) is 1. The number of H-pyrrole nitrogens is 1. The Hall–Kier alpha value is -2.56. The van der Waals surface area contributed by atoms with Crippen LogP contribution in [0.1, 0.15) is 11.3 Å². The highest BCUT2D eigenvalue weighted by atomic mass is 16.1. The Morgan fingerprint density at radius 1 is 1.26 bits per heavy atom. The molecule has 96 valence electrons. The van der Waals surface area contributed by atoms with Gasteiger partial charge < -0.3 is 4.57 Å². The van der Waals surface area contributed by atoms with Gasteiger partial charge in [0.05, 0.1) is 24.3 Å². The van der Waals surface area contributed by atoms with Gasteiger partial charge in [-0.15, -0.1) is 0 Å². The molecule has 0 amide bonds. The predicted octanol–water partition coefficient (Wildman–Crippen LogP) is 1.72. The van der Waals surface area contributed by atoms with Gasteiger partial charge in [0, 0.05) is 18.5 Å². The molecule has 19 heavy (non-hydrogen) atoms. The third kappa shape index (κ3) is 2.35. The number of nitrogens with zero attached hydrogens (tertiary/aromatic N) is 3. The van der Waals surface area contributed by atoms with E-state index in [2.05, 4.69) is 10.1 Å². The number of aromatic amines is 1. The molecule has 5 heteroatoms. The molecule has 5 nitrogen and oxygen atoms in total. The molecule has 0 radical (unpaired) electrons. The average molecular weight is 254 g/mol. The van der Waals surface area contributed by atoms with Gasteiger partial charge in [-0.1, -0.05) is 17.7 Å². The van der Waals surface area contributed by atoms with Crippen molar-refractivity contribution in [2.75, 3.05) is 0 Å². The van der Waals surface area contributed by atoms with E-state index < -0.39 is 0 Å². The Kier molecular flexibility index (Phi) is 2.79. The van der Waals surface area contributed by atoms with E-state index in [4.69, 9.17) is 0 Å². The molecule has 0 saturated carbocycles. The van der Waals surface area contributed by atoms with Crippen molar-refractivity contribution in [2.45, 2.75) is 13.5 Å². The topological polar surface area (TPSA) is 55.6 Å². The lowest BCUT2D eigenvalue weighted by Crippen LogP contribution is -2.13. The van der Waals surface area contributed by atoms with Gasteiger partial charge in [-0.05, 0) is 19.1 Å². The maximum atomic E-state index is 12.0. The van der Waals surface area contributed by atoms with Crippen LogP contribution in [-0.4, -0.2) is 19.3 Å². The number of aryl methyl sites for hydroxylation is 1. The summed E-state index contributed by atoms with van der Waals surface area (Å²) in [5.74, 6) is 0. The van der Waals surface area contributed by atoms with Crippen molar-refractivity contribution in [3.63, 3.8) is 0 Å². The van der Waals surface area contributed by atoms with E-state index in [1.807, 2.05) is 42.0 Å². The van der Waals surface area contributed by atoms with Crippen LogP contribution in [0.15, 0.2) is 53.8 Å². The van der Waals surface area contributed by atoms with Crippen LogP contribution in [0.4, 0.5) is 0 Å². The molecule has 0 bridgehead atoms. The van der Waals surface area contributed by atoms with Gasteiger partial charge in [0.25, 0.3) is 5.56 Å². The number of hydrogen-bond donors (Lipinski definition) is 1. The van der Waals surface area contributed by atoms with E-state index in [0.29, 0.717) is 6.54 Å². The third-order valence-electron chi connectivity index (χ3n) is 2.98. The molecule has 0 aliphatic carbocycles. The van der Waals surface area contributed by atoms with E-state index in [-0.39, 0.29) is 5.56 Å². The Bertz CT molecular complexity index is 720. The number of hydrogen-bond acceptors (Lipinski definition) is 2. The van der Waals surface area contributed by atoms with Crippen molar-refractivity contribution in [3.05, 3.63) is 70.7 Å². The van der Waals surface area contributed by atoms with Gasteiger partial charge >= 0.3 is 0 Å². The summed E-state index contributed by atoms with van der Waals surface area (Å²) in [5.41, 5.74) is 2.80. The summed E-state index contributed by atoms with van der Waals surface area (Å²) in [7, 11) is 0. The molecule has 1 aromatic carbocycles. The molecule has 0 aliphatic heterocycles. The van der Waals surface area contributed by atoms with Gasteiger partial charge in [-0.2, -0.15) is 0 Å². The molecule has 0 spiro atoms. The molecule has 0 fully saturated rings. The highest BCUT2D eigenvalue weighted by Gasteiger charge is 2.05. The molecule has 0 saturated heterocycles. The largest absolute Gasteiger partial charge is 0.332 e. The van der Waals surface area contributed by atoms with Crippen LogP contribution in [-0.2, 0) is 6.54 Å². The van der Waals surface area contributed by atoms with Crippen LogP contribution in [0.3, 0.4) is 0 Å². The fourth-order valence-corrected chi connectivity index (χ4v) is 1.99. The van der Waals surface area contributed by atoms with Gasteiger partial charge in [0.15, 0.2) is 0 Å². The quantitative estimate of drug-likeness (QED) is 0.773. The first-order chi connectivity index (χ1) is 9.22. The second kappa shape index (κ2) is 4.61.